The molecule has 0 saturated heterocycles. The summed E-state index contributed by atoms with van der Waals surface area (Å²) in [5, 5.41) is 29.1. The Morgan fingerprint density at radius 2 is 1.13 bits per heavy atom. The zero-order valence-electron chi connectivity index (χ0n) is 9.57. The Kier molecular flexibility index (Phi) is 2.81. The molecule has 0 aliphatic heterocycles. The van der Waals surface area contributed by atoms with E-state index in [0.717, 1.165) is 0 Å². The fourth-order valence-corrected chi connectivity index (χ4v) is 1.32. The highest BCUT2D eigenvalue weighted by Crippen LogP contribution is 2.30. The first-order chi connectivity index (χ1) is 6.60. The van der Waals surface area contributed by atoms with Gasteiger partial charge in [0.05, 0.1) is 11.2 Å². The fraction of sp³-hybridized carbons (Fsp3) is 0.500. The van der Waals surface area contributed by atoms with E-state index in [-0.39, 0.29) is 5.75 Å². The van der Waals surface area contributed by atoms with Crippen LogP contribution >= 0.6 is 0 Å². The van der Waals surface area contributed by atoms with Crippen LogP contribution in [0.2, 0.25) is 0 Å². The number of benzene rings is 1. The SMILES string of the molecule is CC(C)(O)c1cc(O)cc(C(C)(C)O)c1. The third-order valence-corrected chi connectivity index (χ3v) is 2.33. The van der Waals surface area contributed by atoms with Gasteiger partial charge >= 0.3 is 0 Å². The van der Waals surface area contributed by atoms with Gasteiger partial charge < -0.3 is 15.3 Å². The second-order valence-electron chi connectivity index (χ2n) is 4.89. The Balaban J connectivity index is 3.30. The van der Waals surface area contributed by atoms with Crippen LogP contribution in [0.4, 0.5) is 0 Å². The van der Waals surface area contributed by atoms with E-state index >= 15 is 0 Å². The molecule has 0 atom stereocenters. The zero-order chi connectivity index (χ0) is 11.9. The van der Waals surface area contributed by atoms with Crippen LogP contribution in [0, 0.1) is 0 Å². The molecule has 1 aromatic carbocycles. The maximum absolute atomic E-state index is 9.81. The van der Waals surface area contributed by atoms with Crippen molar-refractivity contribution < 1.29 is 15.3 Å². The van der Waals surface area contributed by atoms with E-state index in [2.05, 4.69) is 0 Å². The van der Waals surface area contributed by atoms with E-state index in [0.29, 0.717) is 11.1 Å². The summed E-state index contributed by atoms with van der Waals surface area (Å²) >= 11 is 0. The number of aromatic hydroxyl groups is 1. The standard InChI is InChI=1S/C12H18O3/c1-11(2,14)8-5-9(12(3,4)15)7-10(13)6-8/h5-7,13-15H,1-4H3. The van der Waals surface area contributed by atoms with Crippen LogP contribution in [0.5, 0.6) is 5.75 Å². The molecule has 0 aliphatic carbocycles. The van der Waals surface area contributed by atoms with Crippen LogP contribution in [0.3, 0.4) is 0 Å². The van der Waals surface area contributed by atoms with Crippen molar-refractivity contribution in [2.24, 2.45) is 0 Å². The molecule has 0 spiro atoms. The highest BCUT2D eigenvalue weighted by Gasteiger charge is 2.22. The largest absolute Gasteiger partial charge is 0.508 e. The Morgan fingerprint density at radius 3 is 1.40 bits per heavy atom. The summed E-state index contributed by atoms with van der Waals surface area (Å²) in [5.74, 6) is 0.0479. The molecular formula is C12H18O3. The molecule has 1 aromatic rings. The molecule has 1 rings (SSSR count). The van der Waals surface area contributed by atoms with Gasteiger partial charge in [-0.15, -0.1) is 0 Å². The number of hydrogen-bond acceptors (Lipinski definition) is 3. The van der Waals surface area contributed by atoms with Gasteiger partial charge in [-0.1, -0.05) is 0 Å². The van der Waals surface area contributed by atoms with Gasteiger partial charge in [-0.25, -0.2) is 0 Å². The smallest absolute Gasteiger partial charge is 0.116 e. The maximum atomic E-state index is 9.81. The van der Waals surface area contributed by atoms with Crippen molar-refractivity contribution in [3.8, 4) is 5.75 Å². The van der Waals surface area contributed by atoms with Gasteiger partial charge in [0.1, 0.15) is 5.75 Å². The molecule has 3 nitrogen and oxygen atoms in total. The molecule has 0 aromatic heterocycles. The van der Waals surface area contributed by atoms with E-state index in [1.807, 2.05) is 0 Å². The summed E-state index contributed by atoms with van der Waals surface area (Å²) in [6.07, 6.45) is 0. The van der Waals surface area contributed by atoms with E-state index in [1.165, 1.54) is 12.1 Å². The predicted octanol–water partition coefficient (Wildman–Crippen LogP) is 1.85. The molecule has 0 aliphatic rings. The average Bonchev–Trinajstić information content (AvgIpc) is 1.99. The number of aliphatic hydroxyl groups is 2. The third kappa shape index (κ3) is 2.94. The van der Waals surface area contributed by atoms with Gasteiger partial charge in [-0.2, -0.15) is 0 Å². The number of phenolic OH excluding ortho intramolecular Hbond substituents is 1. The topological polar surface area (TPSA) is 60.7 Å². The Labute approximate surface area is 90.0 Å². The lowest BCUT2D eigenvalue weighted by Crippen LogP contribution is -2.20. The molecule has 84 valence electrons. The molecule has 0 saturated carbocycles. The van der Waals surface area contributed by atoms with Crippen LogP contribution in [0.25, 0.3) is 0 Å². The fourth-order valence-electron chi connectivity index (χ4n) is 1.32. The lowest BCUT2D eigenvalue weighted by molar-refractivity contribution is 0.0713. The summed E-state index contributed by atoms with van der Waals surface area (Å²) in [6.45, 7) is 6.54. The molecular weight excluding hydrogens is 192 g/mol. The van der Waals surface area contributed by atoms with Crippen LogP contribution in [-0.2, 0) is 11.2 Å². The Hall–Kier alpha value is -1.06. The molecule has 15 heavy (non-hydrogen) atoms. The molecule has 0 radical (unpaired) electrons. The summed E-state index contributed by atoms with van der Waals surface area (Å²) < 4.78 is 0. The van der Waals surface area contributed by atoms with E-state index in [1.54, 1.807) is 33.8 Å². The van der Waals surface area contributed by atoms with Crippen molar-refractivity contribution in [3.63, 3.8) is 0 Å². The van der Waals surface area contributed by atoms with Gasteiger partial charge in [-0.05, 0) is 57.0 Å². The lowest BCUT2D eigenvalue weighted by atomic mass is 9.90. The van der Waals surface area contributed by atoms with Gasteiger partial charge in [0.15, 0.2) is 0 Å². The third-order valence-electron chi connectivity index (χ3n) is 2.33. The molecule has 0 unspecified atom stereocenters. The minimum Gasteiger partial charge on any atom is -0.508 e. The van der Waals surface area contributed by atoms with Crippen molar-refractivity contribution in [3.05, 3.63) is 29.3 Å². The predicted molar refractivity (Wildman–Crippen MR) is 58.6 cm³/mol. The number of rotatable bonds is 2. The molecule has 0 fully saturated rings. The maximum Gasteiger partial charge on any atom is 0.116 e. The zero-order valence-corrected chi connectivity index (χ0v) is 9.57. The second kappa shape index (κ2) is 3.51. The van der Waals surface area contributed by atoms with Crippen LogP contribution < -0.4 is 0 Å². The van der Waals surface area contributed by atoms with Crippen molar-refractivity contribution in [1.82, 2.24) is 0 Å². The minimum absolute atomic E-state index is 0.0479. The molecule has 3 N–H and O–H groups in total. The van der Waals surface area contributed by atoms with Crippen LogP contribution in [0.1, 0.15) is 38.8 Å². The summed E-state index contributed by atoms with van der Waals surface area (Å²) in [4.78, 5) is 0. The van der Waals surface area contributed by atoms with Crippen LogP contribution in [0.15, 0.2) is 18.2 Å². The molecule has 3 heteroatoms. The summed E-state index contributed by atoms with van der Waals surface area (Å²) in [5.41, 5.74) is -0.892. The molecule has 0 bridgehead atoms. The van der Waals surface area contributed by atoms with Gasteiger partial charge in [0.2, 0.25) is 0 Å². The van der Waals surface area contributed by atoms with Crippen molar-refractivity contribution >= 4 is 0 Å². The average molecular weight is 210 g/mol. The Morgan fingerprint density at radius 1 is 0.800 bits per heavy atom. The van der Waals surface area contributed by atoms with Crippen molar-refractivity contribution in [2.75, 3.05) is 0 Å². The molecule has 0 amide bonds. The van der Waals surface area contributed by atoms with Gasteiger partial charge in [-0.3, -0.25) is 0 Å². The Bertz CT molecular complexity index is 324. The second-order valence-corrected chi connectivity index (χ2v) is 4.89. The quantitative estimate of drug-likeness (QED) is 0.698. The van der Waals surface area contributed by atoms with Crippen LogP contribution in [-0.4, -0.2) is 15.3 Å². The van der Waals surface area contributed by atoms with Gasteiger partial charge in [0.25, 0.3) is 0 Å². The lowest BCUT2D eigenvalue weighted by Gasteiger charge is -2.23. The van der Waals surface area contributed by atoms with Gasteiger partial charge in [0, 0.05) is 0 Å². The normalized spacial score (nSPS) is 12.9. The molecule has 0 heterocycles. The first-order valence-electron chi connectivity index (χ1n) is 4.90. The number of phenols is 1. The summed E-state index contributed by atoms with van der Waals surface area (Å²) in [7, 11) is 0. The number of hydrogen-bond donors (Lipinski definition) is 3. The van der Waals surface area contributed by atoms with E-state index in [9.17, 15) is 15.3 Å². The highest BCUT2D eigenvalue weighted by molar-refractivity contribution is 5.38. The summed E-state index contributed by atoms with van der Waals surface area (Å²) in [6, 6.07) is 4.68. The first-order valence-corrected chi connectivity index (χ1v) is 4.90. The van der Waals surface area contributed by atoms with E-state index in [4.69, 9.17) is 0 Å². The first kappa shape index (κ1) is 12.0. The van der Waals surface area contributed by atoms with Crippen molar-refractivity contribution in [2.45, 2.75) is 38.9 Å². The highest BCUT2D eigenvalue weighted by atomic mass is 16.3. The monoisotopic (exact) mass is 210 g/mol. The van der Waals surface area contributed by atoms with Crippen molar-refractivity contribution in [1.29, 1.82) is 0 Å². The minimum atomic E-state index is -1.03. The van der Waals surface area contributed by atoms with E-state index < -0.39 is 11.2 Å².